The number of nitro groups is 2. The SMILES string of the molecule is C=CCc1cc(C2C3=C(CC(C)(C)CC3=O)N(CCC)C3=C2C(=O)CC(C)(C)C3)cc(OCC)c1Oc1ccc([N+](=O)[O-])cc1[N+](=O)[O-]. The minimum atomic E-state index is -0.733. The van der Waals surface area contributed by atoms with Gasteiger partial charge in [0.15, 0.2) is 23.1 Å². The van der Waals surface area contributed by atoms with Crippen LogP contribution in [0.25, 0.3) is 0 Å². The van der Waals surface area contributed by atoms with Crippen molar-refractivity contribution in [3.8, 4) is 17.2 Å². The van der Waals surface area contributed by atoms with E-state index in [4.69, 9.17) is 9.47 Å². The van der Waals surface area contributed by atoms with Gasteiger partial charge >= 0.3 is 5.69 Å². The molecule has 0 aromatic heterocycles. The molecule has 2 aromatic rings. The van der Waals surface area contributed by atoms with Crippen LogP contribution in [0.5, 0.6) is 17.2 Å². The number of carbonyl (C=O) groups excluding carboxylic acids is 2. The van der Waals surface area contributed by atoms with Gasteiger partial charge in [-0.15, -0.1) is 6.58 Å². The Bertz CT molecular complexity index is 1730. The zero-order valence-corrected chi connectivity index (χ0v) is 28.5. The number of hydrogen-bond donors (Lipinski definition) is 0. The number of benzene rings is 2. The molecular weight excluding hydrogens is 614 g/mol. The first-order valence-corrected chi connectivity index (χ1v) is 16.4. The van der Waals surface area contributed by atoms with Crippen molar-refractivity contribution in [3.05, 3.63) is 96.9 Å². The maximum atomic E-state index is 14.2. The van der Waals surface area contributed by atoms with Crippen LogP contribution in [-0.2, 0) is 16.0 Å². The van der Waals surface area contributed by atoms with E-state index in [2.05, 4.69) is 46.1 Å². The third-order valence-corrected chi connectivity index (χ3v) is 9.18. The molecule has 0 radical (unpaired) electrons. The maximum Gasteiger partial charge on any atom is 0.318 e. The molecule has 0 amide bonds. The fraction of sp³-hybridized carbons (Fsp3) is 0.459. The summed E-state index contributed by atoms with van der Waals surface area (Å²) < 4.78 is 12.3. The van der Waals surface area contributed by atoms with E-state index in [1.54, 1.807) is 19.1 Å². The highest BCUT2D eigenvalue weighted by molar-refractivity contribution is 6.07. The molecule has 0 N–H and O–H groups in total. The Morgan fingerprint density at radius 3 is 2.00 bits per heavy atom. The van der Waals surface area contributed by atoms with E-state index < -0.39 is 27.1 Å². The van der Waals surface area contributed by atoms with Gasteiger partial charge in [-0.05, 0) is 61.1 Å². The van der Waals surface area contributed by atoms with Crippen LogP contribution in [0.1, 0.15) is 90.7 Å². The average Bonchev–Trinajstić information content (AvgIpc) is 2.98. The minimum absolute atomic E-state index is 0.0154. The highest BCUT2D eigenvalue weighted by Crippen LogP contribution is 2.55. The van der Waals surface area contributed by atoms with Crippen LogP contribution in [0.2, 0.25) is 0 Å². The van der Waals surface area contributed by atoms with Gasteiger partial charge in [0.05, 0.1) is 22.5 Å². The van der Waals surface area contributed by atoms with Gasteiger partial charge in [-0.1, -0.05) is 46.8 Å². The van der Waals surface area contributed by atoms with Gasteiger partial charge in [0.25, 0.3) is 5.69 Å². The predicted molar refractivity (Wildman–Crippen MR) is 181 cm³/mol. The average molecular weight is 658 g/mol. The quantitative estimate of drug-likeness (QED) is 0.132. The summed E-state index contributed by atoms with van der Waals surface area (Å²) in [5, 5.41) is 23.3. The minimum Gasteiger partial charge on any atom is -0.490 e. The van der Waals surface area contributed by atoms with Crippen molar-refractivity contribution in [2.75, 3.05) is 13.2 Å². The molecule has 5 rings (SSSR count). The molecule has 0 unspecified atom stereocenters. The fourth-order valence-electron chi connectivity index (χ4n) is 7.37. The lowest BCUT2D eigenvalue weighted by molar-refractivity contribution is -0.394. The lowest BCUT2D eigenvalue weighted by Crippen LogP contribution is -2.44. The number of non-ortho nitro benzene ring substituents is 1. The number of carbonyl (C=O) groups is 2. The number of rotatable bonds is 11. The van der Waals surface area contributed by atoms with E-state index in [0.29, 0.717) is 54.5 Å². The highest BCUT2D eigenvalue weighted by atomic mass is 16.6. The van der Waals surface area contributed by atoms with Crippen molar-refractivity contribution in [2.24, 2.45) is 10.8 Å². The molecule has 11 nitrogen and oxygen atoms in total. The zero-order valence-electron chi connectivity index (χ0n) is 28.5. The molecule has 2 aliphatic carbocycles. The first-order chi connectivity index (χ1) is 22.6. The fourth-order valence-corrected chi connectivity index (χ4v) is 7.37. The van der Waals surface area contributed by atoms with Crippen molar-refractivity contribution < 1.29 is 28.9 Å². The van der Waals surface area contributed by atoms with E-state index in [1.165, 1.54) is 6.07 Å². The molecule has 3 aliphatic rings. The number of allylic oxidation sites excluding steroid dienone is 5. The monoisotopic (exact) mass is 657 g/mol. The van der Waals surface area contributed by atoms with E-state index in [-0.39, 0.29) is 52.7 Å². The molecular formula is C37H43N3O8. The van der Waals surface area contributed by atoms with Gasteiger partial charge in [0.1, 0.15) is 0 Å². The molecule has 0 saturated carbocycles. The number of hydrogen-bond acceptors (Lipinski definition) is 9. The number of ether oxygens (including phenoxy) is 2. The van der Waals surface area contributed by atoms with Crippen LogP contribution < -0.4 is 9.47 Å². The smallest absolute Gasteiger partial charge is 0.318 e. The van der Waals surface area contributed by atoms with Crippen molar-refractivity contribution in [2.45, 2.75) is 86.0 Å². The second-order valence-electron chi connectivity index (χ2n) is 14.4. The van der Waals surface area contributed by atoms with Crippen LogP contribution in [0.3, 0.4) is 0 Å². The maximum absolute atomic E-state index is 14.2. The van der Waals surface area contributed by atoms with Crippen molar-refractivity contribution in [1.29, 1.82) is 0 Å². The molecule has 11 heteroatoms. The standard InChI is InChI=1S/C37H43N3O8/c1-8-11-22-15-23(16-31(47-10-3)35(22)48-30-13-12-24(39(43)44)17-25(30)40(45)46)32-33-26(18-36(4,5)20-28(33)41)38(14-9-2)27-19-37(6,7)21-29(42)34(27)32/h8,12-13,15-17,32H,1,9-11,14,18-21H2,2-7H3. The van der Waals surface area contributed by atoms with Gasteiger partial charge in [0, 0.05) is 59.5 Å². The van der Waals surface area contributed by atoms with Crippen LogP contribution in [0.4, 0.5) is 11.4 Å². The van der Waals surface area contributed by atoms with E-state index in [9.17, 15) is 29.8 Å². The summed E-state index contributed by atoms with van der Waals surface area (Å²) in [6.45, 7) is 17.1. The van der Waals surface area contributed by atoms with Crippen molar-refractivity contribution in [3.63, 3.8) is 0 Å². The Morgan fingerprint density at radius 2 is 1.50 bits per heavy atom. The first-order valence-electron chi connectivity index (χ1n) is 16.4. The molecule has 1 heterocycles. The Hall–Kier alpha value is -4.80. The van der Waals surface area contributed by atoms with E-state index in [0.717, 1.165) is 29.9 Å². The zero-order chi connectivity index (χ0) is 35.1. The van der Waals surface area contributed by atoms with E-state index in [1.807, 2.05) is 6.07 Å². The second-order valence-corrected chi connectivity index (χ2v) is 14.4. The van der Waals surface area contributed by atoms with Crippen molar-refractivity contribution in [1.82, 2.24) is 4.90 Å². The summed E-state index contributed by atoms with van der Waals surface area (Å²) in [6.07, 6.45) is 4.88. The third-order valence-electron chi connectivity index (χ3n) is 9.18. The van der Waals surface area contributed by atoms with Gasteiger partial charge in [-0.3, -0.25) is 29.8 Å². The molecule has 0 atom stereocenters. The lowest BCUT2D eigenvalue weighted by atomic mass is 9.63. The Morgan fingerprint density at radius 1 is 0.896 bits per heavy atom. The molecule has 48 heavy (non-hydrogen) atoms. The molecule has 254 valence electrons. The topological polar surface area (TPSA) is 142 Å². The number of Topliss-reactive ketones (excluding diaryl/α,β-unsaturated/α-hetero) is 2. The Kier molecular flexibility index (Phi) is 9.36. The van der Waals surface area contributed by atoms with Gasteiger partial charge in [-0.25, -0.2) is 0 Å². The van der Waals surface area contributed by atoms with Crippen LogP contribution >= 0.6 is 0 Å². The Balaban J connectivity index is 1.76. The van der Waals surface area contributed by atoms with E-state index >= 15 is 0 Å². The van der Waals surface area contributed by atoms with Gasteiger partial charge in [0.2, 0.25) is 5.75 Å². The molecule has 0 bridgehead atoms. The second kappa shape index (κ2) is 13.0. The Labute approximate surface area is 280 Å². The molecule has 0 spiro atoms. The lowest BCUT2D eigenvalue weighted by Gasteiger charge is -2.49. The third kappa shape index (κ3) is 6.50. The van der Waals surface area contributed by atoms with Crippen LogP contribution in [0, 0.1) is 31.1 Å². The summed E-state index contributed by atoms with van der Waals surface area (Å²) in [6, 6.07) is 6.82. The predicted octanol–water partition coefficient (Wildman–Crippen LogP) is 8.52. The molecule has 1 aliphatic heterocycles. The first kappa shape index (κ1) is 34.5. The number of nitrogens with zero attached hydrogens (tertiary/aromatic N) is 3. The van der Waals surface area contributed by atoms with Gasteiger partial charge in [-0.2, -0.15) is 0 Å². The van der Waals surface area contributed by atoms with Crippen molar-refractivity contribution >= 4 is 22.9 Å². The van der Waals surface area contributed by atoms with Gasteiger partial charge < -0.3 is 14.4 Å². The normalized spacial score (nSPS) is 18.8. The highest BCUT2D eigenvalue weighted by Gasteiger charge is 2.49. The summed E-state index contributed by atoms with van der Waals surface area (Å²) >= 11 is 0. The summed E-state index contributed by atoms with van der Waals surface area (Å²) in [7, 11) is 0. The van der Waals surface area contributed by atoms with Crippen LogP contribution in [-0.4, -0.2) is 39.5 Å². The molecule has 0 fully saturated rings. The summed E-state index contributed by atoms with van der Waals surface area (Å²) in [5.74, 6) is -0.325. The molecule has 0 saturated heterocycles. The summed E-state index contributed by atoms with van der Waals surface area (Å²) in [4.78, 5) is 52.5. The van der Waals surface area contributed by atoms with Crippen LogP contribution in [0.15, 0.2) is 65.5 Å². The molecule has 2 aromatic carbocycles. The number of ketones is 2. The number of nitro benzene ring substituents is 2. The summed E-state index contributed by atoms with van der Waals surface area (Å²) in [5.41, 5.74) is 2.98. The largest absolute Gasteiger partial charge is 0.490 e.